The largest absolute Gasteiger partial charge is 0.380 e. The summed E-state index contributed by atoms with van der Waals surface area (Å²) in [6.45, 7) is 0.936. The Morgan fingerprint density at radius 1 is 1.38 bits per heavy atom. The number of benzene rings is 1. The number of rotatable bonds is 7. The van der Waals surface area contributed by atoms with Crippen molar-refractivity contribution < 1.29 is 13.2 Å². The Morgan fingerprint density at radius 2 is 2.05 bits per heavy atom. The number of methoxy groups -OCH3 is 1. The molecule has 0 aliphatic carbocycles. The van der Waals surface area contributed by atoms with E-state index < -0.39 is 10.0 Å². The van der Waals surface area contributed by atoms with Crippen LogP contribution < -0.4 is 15.8 Å². The highest BCUT2D eigenvalue weighted by Crippen LogP contribution is 2.15. The van der Waals surface area contributed by atoms with Gasteiger partial charge in [0, 0.05) is 24.9 Å². The summed E-state index contributed by atoms with van der Waals surface area (Å²) in [6.07, 6.45) is 1.10. The smallest absolute Gasteiger partial charge is 0.208 e. The quantitative estimate of drug-likeness (QED) is 0.257. The summed E-state index contributed by atoms with van der Waals surface area (Å²) in [5, 5.41) is 2.96. The molecule has 9 heteroatoms. The molecule has 1 rings (SSSR count). The molecule has 0 amide bonds. The Kier molecular flexibility index (Phi) is 9.49. The van der Waals surface area contributed by atoms with Gasteiger partial charge in [0.25, 0.3) is 0 Å². The SMILES string of the molecule is COCc1ccccc1NC(N)=NCCNS(C)(=O)=O.I. The highest BCUT2D eigenvalue weighted by Gasteiger charge is 2.02. The monoisotopic (exact) mass is 428 g/mol. The second-order valence-corrected chi connectivity index (χ2v) is 5.98. The minimum absolute atomic E-state index is 0. The number of ether oxygens (including phenoxy) is 1. The summed E-state index contributed by atoms with van der Waals surface area (Å²) in [7, 11) is -1.58. The molecule has 0 heterocycles. The molecule has 0 spiro atoms. The molecule has 0 bridgehead atoms. The molecule has 0 saturated heterocycles. The van der Waals surface area contributed by atoms with Gasteiger partial charge in [-0.15, -0.1) is 24.0 Å². The van der Waals surface area contributed by atoms with E-state index >= 15 is 0 Å². The highest BCUT2D eigenvalue weighted by atomic mass is 127. The number of nitrogens with zero attached hydrogens (tertiary/aromatic N) is 1. The van der Waals surface area contributed by atoms with Gasteiger partial charge in [0.2, 0.25) is 10.0 Å². The van der Waals surface area contributed by atoms with Crippen LogP contribution in [-0.2, 0) is 21.4 Å². The van der Waals surface area contributed by atoms with Crippen LogP contribution in [0.3, 0.4) is 0 Å². The van der Waals surface area contributed by atoms with Gasteiger partial charge in [-0.05, 0) is 6.07 Å². The third-order valence-electron chi connectivity index (χ3n) is 2.34. The fourth-order valence-corrected chi connectivity index (χ4v) is 1.97. The Morgan fingerprint density at radius 3 is 2.67 bits per heavy atom. The van der Waals surface area contributed by atoms with E-state index in [1.807, 2.05) is 24.3 Å². The average molecular weight is 428 g/mol. The van der Waals surface area contributed by atoms with Crippen molar-refractivity contribution in [1.82, 2.24) is 4.72 Å². The Bertz CT molecular complexity index is 563. The molecular formula is C12H21IN4O3S. The van der Waals surface area contributed by atoms with Crippen molar-refractivity contribution in [2.24, 2.45) is 10.7 Å². The zero-order chi connectivity index (χ0) is 15.0. The van der Waals surface area contributed by atoms with Crippen molar-refractivity contribution in [2.45, 2.75) is 6.61 Å². The lowest BCUT2D eigenvalue weighted by atomic mass is 10.2. The number of hydrogen-bond donors (Lipinski definition) is 3. The second kappa shape index (κ2) is 9.92. The first-order valence-corrected chi connectivity index (χ1v) is 7.90. The molecule has 21 heavy (non-hydrogen) atoms. The summed E-state index contributed by atoms with van der Waals surface area (Å²) < 4.78 is 29.1. The molecule has 0 atom stereocenters. The normalized spacial score (nSPS) is 11.8. The first-order valence-electron chi connectivity index (χ1n) is 6.01. The van der Waals surface area contributed by atoms with Crippen LogP contribution in [0.2, 0.25) is 0 Å². The molecular weight excluding hydrogens is 407 g/mol. The van der Waals surface area contributed by atoms with E-state index in [0.717, 1.165) is 17.5 Å². The number of nitrogens with one attached hydrogen (secondary N) is 2. The van der Waals surface area contributed by atoms with Crippen LogP contribution in [0.15, 0.2) is 29.3 Å². The van der Waals surface area contributed by atoms with Gasteiger partial charge in [-0.1, -0.05) is 18.2 Å². The number of guanidine groups is 1. The molecule has 0 saturated carbocycles. The summed E-state index contributed by atoms with van der Waals surface area (Å²) in [6, 6.07) is 7.57. The van der Waals surface area contributed by atoms with E-state index in [0.29, 0.717) is 6.61 Å². The molecule has 0 aliphatic heterocycles. The first-order chi connectivity index (χ1) is 9.42. The number of para-hydroxylation sites is 1. The van der Waals surface area contributed by atoms with Gasteiger partial charge in [-0.3, -0.25) is 4.99 Å². The number of halogens is 1. The minimum atomic E-state index is -3.19. The lowest BCUT2D eigenvalue weighted by molar-refractivity contribution is 0.185. The van der Waals surface area contributed by atoms with Gasteiger partial charge in [0.15, 0.2) is 5.96 Å². The van der Waals surface area contributed by atoms with Gasteiger partial charge >= 0.3 is 0 Å². The molecule has 0 unspecified atom stereocenters. The predicted molar refractivity (Wildman–Crippen MR) is 95.5 cm³/mol. The van der Waals surface area contributed by atoms with Crippen LogP contribution in [0.4, 0.5) is 5.69 Å². The predicted octanol–water partition coefficient (Wildman–Crippen LogP) is 0.727. The van der Waals surface area contributed by atoms with Gasteiger partial charge in [-0.2, -0.15) is 0 Å². The number of aliphatic imine (C=N–C) groups is 1. The van der Waals surface area contributed by atoms with E-state index in [9.17, 15) is 8.42 Å². The van der Waals surface area contributed by atoms with E-state index in [1.54, 1.807) is 7.11 Å². The molecule has 0 aromatic heterocycles. The number of hydrogen-bond acceptors (Lipinski definition) is 4. The fraction of sp³-hybridized carbons (Fsp3) is 0.417. The Hall–Kier alpha value is -0.910. The topological polar surface area (TPSA) is 106 Å². The molecule has 0 radical (unpaired) electrons. The van der Waals surface area contributed by atoms with Crippen molar-refractivity contribution in [2.75, 3.05) is 31.8 Å². The highest BCUT2D eigenvalue weighted by molar-refractivity contribution is 14.0. The summed E-state index contributed by atoms with van der Waals surface area (Å²) >= 11 is 0. The van der Waals surface area contributed by atoms with Gasteiger partial charge in [0.05, 0.1) is 19.4 Å². The molecule has 4 N–H and O–H groups in total. The van der Waals surface area contributed by atoms with E-state index in [4.69, 9.17) is 10.5 Å². The van der Waals surface area contributed by atoms with Crippen molar-refractivity contribution in [3.8, 4) is 0 Å². The van der Waals surface area contributed by atoms with Crippen LogP contribution in [0, 0.1) is 0 Å². The molecule has 1 aromatic rings. The molecule has 7 nitrogen and oxygen atoms in total. The average Bonchev–Trinajstić information content (AvgIpc) is 2.36. The summed E-state index contributed by atoms with van der Waals surface area (Å²) in [4.78, 5) is 4.04. The summed E-state index contributed by atoms with van der Waals surface area (Å²) in [5.74, 6) is 0.226. The Labute approximate surface area is 142 Å². The lowest BCUT2D eigenvalue weighted by Crippen LogP contribution is -2.28. The number of nitrogens with two attached hydrogens (primary N) is 1. The maximum absolute atomic E-state index is 10.9. The molecule has 120 valence electrons. The summed E-state index contributed by atoms with van der Waals surface area (Å²) in [5.41, 5.74) is 7.51. The number of sulfonamides is 1. The van der Waals surface area contributed by atoms with E-state index in [-0.39, 0.29) is 43.0 Å². The van der Waals surface area contributed by atoms with Gasteiger partial charge in [0.1, 0.15) is 0 Å². The Balaban J connectivity index is 0.00000400. The van der Waals surface area contributed by atoms with Crippen molar-refractivity contribution in [3.63, 3.8) is 0 Å². The third-order valence-corrected chi connectivity index (χ3v) is 3.07. The van der Waals surface area contributed by atoms with Crippen molar-refractivity contribution in [3.05, 3.63) is 29.8 Å². The van der Waals surface area contributed by atoms with E-state index in [2.05, 4.69) is 15.0 Å². The van der Waals surface area contributed by atoms with Crippen LogP contribution in [0.25, 0.3) is 0 Å². The second-order valence-electron chi connectivity index (χ2n) is 4.15. The standard InChI is InChI=1S/C12H20N4O3S.HI/c1-19-9-10-5-3-4-6-11(10)16-12(13)14-7-8-15-20(2,17)18;/h3-6,15H,7-9H2,1-2H3,(H3,13,14,16);1H. The van der Waals surface area contributed by atoms with Crippen molar-refractivity contribution in [1.29, 1.82) is 0 Å². The third kappa shape index (κ3) is 8.86. The van der Waals surface area contributed by atoms with E-state index in [1.165, 1.54) is 0 Å². The fourth-order valence-electron chi connectivity index (χ4n) is 1.51. The molecule has 1 aromatic carbocycles. The van der Waals surface area contributed by atoms with Crippen LogP contribution >= 0.6 is 24.0 Å². The van der Waals surface area contributed by atoms with Crippen LogP contribution in [-0.4, -0.2) is 40.8 Å². The minimum Gasteiger partial charge on any atom is -0.380 e. The van der Waals surface area contributed by atoms with Gasteiger partial charge in [-0.25, -0.2) is 13.1 Å². The van der Waals surface area contributed by atoms with Gasteiger partial charge < -0.3 is 15.8 Å². The molecule has 0 fully saturated rings. The van der Waals surface area contributed by atoms with Crippen LogP contribution in [0.5, 0.6) is 0 Å². The van der Waals surface area contributed by atoms with Crippen LogP contribution in [0.1, 0.15) is 5.56 Å². The zero-order valence-corrected chi connectivity index (χ0v) is 15.1. The maximum atomic E-state index is 10.9. The molecule has 0 aliphatic rings. The zero-order valence-electron chi connectivity index (χ0n) is 12.0. The number of anilines is 1. The first kappa shape index (κ1) is 20.1. The lowest BCUT2D eigenvalue weighted by Gasteiger charge is -2.10. The maximum Gasteiger partial charge on any atom is 0.208 e. The van der Waals surface area contributed by atoms with Crippen molar-refractivity contribution >= 4 is 45.6 Å².